The van der Waals surface area contributed by atoms with Gasteiger partial charge in [-0.3, -0.25) is 0 Å². The number of para-hydroxylation sites is 2. The first kappa shape index (κ1) is 38.8. The molecule has 11 aromatic carbocycles. The van der Waals surface area contributed by atoms with Crippen molar-refractivity contribution in [2.45, 2.75) is 10.8 Å². The van der Waals surface area contributed by atoms with Crippen LogP contribution >= 0.6 is 0 Å². The quantitative estimate of drug-likeness (QED) is 0.176. The van der Waals surface area contributed by atoms with Gasteiger partial charge in [0.1, 0.15) is 0 Å². The lowest BCUT2D eigenvalue weighted by Crippen LogP contribution is -2.25. The summed E-state index contributed by atoms with van der Waals surface area (Å²) in [6.45, 7) is 0. The second-order valence-corrected chi connectivity index (χ2v) is 19.3. The lowest BCUT2D eigenvalue weighted by Gasteiger charge is -2.32. The van der Waals surface area contributed by atoms with E-state index in [0.29, 0.717) is 17.2 Å². The van der Waals surface area contributed by atoms with Crippen LogP contribution in [0.25, 0.3) is 55.6 Å². The van der Waals surface area contributed by atoms with Crippen LogP contribution in [-0.2, 0) is 10.8 Å². The predicted molar refractivity (Wildman–Crippen MR) is 286 cm³/mol. The summed E-state index contributed by atoms with van der Waals surface area (Å²) in [5, 5.41) is 0. The lowest BCUT2D eigenvalue weighted by atomic mass is 9.70. The van der Waals surface area contributed by atoms with Gasteiger partial charge in [0, 0.05) is 16.9 Å². The van der Waals surface area contributed by atoms with Gasteiger partial charge in [0.05, 0.1) is 16.5 Å². The van der Waals surface area contributed by atoms with Crippen molar-refractivity contribution >= 4 is 17.1 Å². The van der Waals surface area contributed by atoms with E-state index in [1.54, 1.807) is 0 Å². The zero-order valence-corrected chi connectivity index (χ0v) is 38.4. The molecule has 0 amide bonds. The van der Waals surface area contributed by atoms with Gasteiger partial charge < -0.3 is 14.4 Å². The molecule has 0 saturated carbocycles. The zero-order valence-electron chi connectivity index (χ0n) is 38.4. The van der Waals surface area contributed by atoms with Crippen molar-refractivity contribution in [3.8, 4) is 78.6 Å². The van der Waals surface area contributed by atoms with E-state index >= 15 is 0 Å². The summed E-state index contributed by atoms with van der Waals surface area (Å²) in [4.78, 5) is 2.28. The molecule has 4 aliphatic carbocycles. The maximum Gasteiger partial charge on any atom is 0.194 e. The first-order valence-corrected chi connectivity index (χ1v) is 24.6. The van der Waals surface area contributed by atoms with Gasteiger partial charge in [0.2, 0.25) is 0 Å². The number of anilines is 3. The van der Waals surface area contributed by atoms with Crippen LogP contribution < -0.4 is 14.4 Å². The van der Waals surface area contributed by atoms with E-state index in [9.17, 15) is 0 Å². The number of nitrogens with zero attached hydrogens (tertiary/aromatic N) is 1. The number of fused-ring (bicyclic) bond motifs is 23. The third kappa shape index (κ3) is 4.87. The van der Waals surface area contributed by atoms with Gasteiger partial charge in [-0.1, -0.05) is 206 Å². The number of rotatable bonds is 4. The highest BCUT2D eigenvalue weighted by Crippen LogP contribution is 2.68. The predicted octanol–water partition coefficient (Wildman–Crippen LogP) is 17.4. The highest BCUT2D eigenvalue weighted by atomic mass is 16.6. The third-order valence-electron chi connectivity index (χ3n) is 16.2. The Morgan fingerprint density at radius 2 is 0.648 bits per heavy atom. The normalized spacial score (nSPS) is 14.4. The second-order valence-electron chi connectivity index (χ2n) is 19.3. The molecule has 3 nitrogen and oxygen atoms in total. The molecule has 0 atom stereocenters. The Labute approximate surface area is 412 Å². The van der Waals surface area contributed by atoms with Crippen molar-refractivity contribution in [2.24, 2.45) is 0 Å². The maximum absolute atomic E-state index is 7.20. The molecule has 3 heteroatoms. The van der Waals surface area contributed by atoms with Crippen LogP contribution in [0, 0.1) is 0 Å². The summed E-state index contributed by atoms with van der Waals surface area (Å²) >= 11 is 0. The number of hydrogen-bond acceptors (Lipinski definition) is 3. The van der Waals surface area contributed by atoms with Crippen LogP contribution in [-0.4, -0.2) is 0 Å². The van der Waals surface area contributed by atoms with Gasteiger partial charge in [-0.25, -0.2) is 0 Å². The molecule has 0 unspecified atom stereocenters. The topological polar surface area (TPSA) is 21.7 Å². The summed E-state index contributed by atoms with van der Waals surface area (Å²) in [6, 6.07) is 90.9. The highest BCUT2D eigenvalue weighted by molar-refractivity contribution is 6.01. The van der Waals surface area contributed by atoms with Gasteiger partial charge >= 0.3 is 0 Å². The Balaban J connectivity index is 0.819. The minimum Gasteiger partial charge on any atom is -0.449 e. The Hall–Kier alpha value is -9.18. The molecule has 1 aliphatic heterocycles. The fourth-order valence-electron chi connectivity index (χ4n) is 13.6. The van der Waals surface area contributed by atoms with Crippen LogP contribution in [0.1, 0.15) is 44.5 Å². The molecule has 0 aromatic heterocycles. The molecular weight excluding hydrogens is 863 g/mol. The molecule has 0 saturated heterocycles. The molecule has 5 aliphatic rings. The molecule has 0 bridgehead atoms. The Bertz CT molecular complexity index is 3980. The van der Waals surface area contributed by atoms with E-state index in [-0.39, 0.29) is 0 Å². The van der Waals surface area contributed by atoms with Crippen molar-refractivity contribution < 1.29 is 9.47 Å². The van der Waals surface area contributed by atoms with Crippen LogP contribution in [0.15, 0.2) is 249 Å². The highest BCUT2D eigenvalue weighted by Gasteiger charge is 2.54. The van der Waals surface area contributed by atoms with Crippen LogP contribution in [0.4, 0.5) is 17.1 Å². The minimum absolute atomic E-state index is 0.398. The van der Waals surface area contributed by atoms with Gasteiger partial charge in [-0.05, 0) is 137 Å². The van der Waals surface area contributed by atoms with E-state index in [1.807, 2.05) is 6.07 Å². The molecule has 330 valence electrons. The first-order chi connectivity index (χ1) is 35.2. The fraction of sp³-hybridized carbons (Fsp3) is 0.0294. The van der Waals surface area contributed by atoms with Crippen LogP contribution in [0.5, 0.6) is 23.0 Å². The second kappa shape index (κ2) is 14.2. The largest absolute Gasteiger partial charge is 0.449 e. The number of hydrogen-bond donors (Lipinski definition) is 0. The number of benzene rings is 11. The van der Waals surface area contributed by atoms with Crippen LogP contribution in [0.3, 0.4) is 0 Å². The van der Waals surface area contributed by atoms with E-state index in [0.717, 1.165) is 33.9 Å². The molecule has 0 radical (unpaired) electrons. The van der Waals surface area contributed by atoms with Gasteiger partial charge in [0.15, 0.2) is 23.0 Å². The summed E-state index contributed by atoms with van der Waals surface area (Å²) in [6.07, 6.45) is 0. The zero-order chi connectivity index (χ0) is 46.4. The Morgan fingerprint density at radius 3 is 1.21 bits per heavy atom. The van der Waals surface area contributed by atoms with Gasteiger partial charge in [0.25, 0.3) is 0 Å². The summed E-state index contributed by atoms with van der Waals surface area (Å²) in [5.41, 5.74) is 24.9. The molecule has 71 heavy (non-hydrogen) atoms. The monoisotopic (exact) mass is 903 g/mol. The lowest BCUT2D eigenvalue weighted by molar-refractivity contribution is 0.361. The van der Waals surface area contributed by atoms with Crippen molar-refractivity contribution in [3.63, 3.8) is 0 Å². The fourth-order valence-corrected chi connectivity index (χ4v) is 13.6. The van der Waals surface area contributed by atoms with Crippen molar-refractivity contribution in [1.82, 2.24) is 0 Å². The average Bonchev–Trinajstić information content (AvgIpc) is 4.13. The maximum atomic E-state index is 7.20. The minimum atomic E-state index is -0.478. The molecule has 16 rings (SSSR count). The molecule has 11 aromatic rings. The van der Waals surface area contributed by atoms with E-state index in [1.165, 1.54) is 89.0 Å². The Morgan fingerprint density at radius 1 is 0.254 bits per heavy atom. The van der Waals surface area contributed by atoms with E-state index < -0.39 is 10.8 Å². The van der Waals surface area contributed by atoms with Crippen molar-refractivity contribution in [3.05, 3.63) is 293 Å². The molecular formula is C68H41NO2. The summed E-state index contributed by atoms with van der Waals surface area (Å²) in [7, 11) is 0. The molecule has 2 spiro atoms. The van der Waals surface area contributed by atoms with E-state index in [4.69, 9.17) is 9.47 Å². The van der Waals surface area contributed by atoms with Crippen molar-refractivity contribution in [1.29, 1.82) is 0 Å². The SMILES string of the molecule is c1ccc(N(c2ccc(-c3cccc4c3-c3ccccc3C43c4ccccc4-c4ccccc43)cc2)c2cccc3c2Oc2ccc4c(c2O3)-c2ccccc2C42c3ccccc3-c3ccccc32)cc1. The third-order valence-corrected chi connectivity index (χ3v) is 16.2. The van der Waals surface area contributed by atoms with Gasteiger partial charge in [-0.2, -0.15) is 0 Å². The molecule has 0 N–H and O–H groups in total. The van der Waals surface area contributed by atoms with Crippen molar-refractivity contribution in [2.75, 3.05) is 4.90 Å². The molecule has 0 fully saturated rings. The average molecular weight is 904 g/mol. The van der Waals surface area contributed by atoms with Gasteiger partial charge in [-0.15, -0.1) is 0 Å². The summed E-state index contributed by atoms with van der Waals surface area (Å²) in [5.74, 6) is 2.79. The smallest absolute Gasteiger partial charge is 0.194 e. The van der Waals surface area contributed by atoms with E-state index in [2.05, 4.69) is 248 Å². The molecule has 1 heterocycles. The Kier molecular flexibility index (Phi) is 7.75. The first-order valence-electron chi connectivity index (χ1n) is 24.6. The van der Waals surface area contributed by atoms with Crippen LogP contribution in [0.2, 0.25) is 0 Å². The number of ether oxygens (including phenoxy) is 2. The summed E-state index contributed by atoms with van der Waals surface area (Å²) < 4.78 is 14.4. The standard InChI is InChI=1S/C68H41NO2/c1-2-18-43(19-3-1)69(44-38-36-42(37-39-44)45-26-16-33-58-63(45)50-24-8-14-31-56(50)67(58)52-27-10-4-20-46(52)47-21-5-11-28-53(47)67)60-34-17-35-61-65(60)70-62-41-40-59-64(66(62)71-61)51-25-9-15-32-57(51)68(59)54-29-12-6-22-48(54)49-23-7-13-30-55(49)68/h1-41H.